The SMILES string of the molecule is CC(=O)O.CC(=O)O.CC(=O)O.NOCCOCCON. The van der Waals surface area contributed by atoms with Crippen molar-refractivity contribution in [3.8, 4) is 0 Å². The highest BCUT2D eigenvalue weighted by molar-refractivity contribution is 5.63. The van der Waals surface area contributed by atoms with Crippen LogP contribution in [0.4, 0.5) is 0 Å². The lowest BCUT2D eigenvalue weighted by atomic mass is 10.7. The predicted octanol–water partition coefficient (Wildman–Crippen LogP) is -0.944. The first-order chi connectivity index (χ1) is 9.61. The first-order valence-corrected chi connectivity index (χ1v) is 5.41. The van der Waals surface area contributed by atoms with Crippen LogP contribution in [-0.4, -0.2) is 59.7 Å². The molecule has 11 nitrogen and oxygen atoms in total. The molecule has 7 N–H and O–H groups in total. The van der Waals surface area contributed by atoms with Crippen molar-refractivity contribution >= 4 is 17.9 Å². The Morgan fingerprint density at radius 3 is 1.05 bits per heavy atom. The highest BCUT2D eigenvalue weighted by Gasteiger charge is 1.85. The molecular formula is C10H24N2O9. The molecule has 128 valence electrons. The minimum atomic E-state index is -0.833. The van der Waals surface area contributed by atoms with Crippen LogP contribution in [0.5, 0.6) is 0 Å². The van der Waals surface area contributed by atoms with Gasteiger partial charge < -0.3 is 29.7 Å². The van der Waals surface area contributed by atoms with E-state index in [0.717, 1.165) is 20.8 Å². The maximum absolute atomic E-state index is 9.00. The van der Waals surface area contributed by atoms with Crippen LogP contribution in [0.2, 0.25) is 0 Å². The summed E-state index contributed by atoms with van der Waals surface area (Å²) < 4.78 is 4.90. The number of ether oxygens (including phenoxy) is 1. The second kappa shape index (κ2) is 26.7. The molecule has 0 rings (SSSR count). The zero-order chi connectivity index (χ0) is 17.7. The van der Waals surface area contributed by atoms with E-state index in [1.807, 2.05) is 0 Å². The van der Waals surface area contributed by atoms with E-state index in [1.54, 1.807) is 0 Å². The van der Waals surface area contributed by atoms with Gasteiger partial charge in [0.15, 0.2) is 0 Å². The molecule has 0 saturated heterocycles. The summed E-state index contributed by atoms with van der Waals surface area (Å²) in [5.41, 5.74) is 0. The van der Waals surface area contributed by atoms with E-state index < -0.39 is 17.9 Å². The van der Waals surface area contributed by atoms with Gasteiger partial charge in [0.1, 0.15) is 0 Å². The van der Waals surface area contributed by atoms with Gasteiger partial charge in [0, 0.05) is 20.8 Å². The Morgan fingerprint density at radius 2 is 0.905 bits per heavy atom. The van der Waals surface area contributed by atoms with Crippen LogP contribution in [0.15, 0.2) is 0 Å². The number of carbonyl (C=O) groups is 3. The fourth-order valence-corrected chi connectivity index (χ4v) is 0.316. The Hall–Kier alpha value is -1.79. The van der Waals surface area contributed by atoms with Crippen molar-refractivity contribution in [1.29, 1.82) is 0 Å². The number of nitrogens with two attached hydrogens (primary N) is 2. The monoisotopic (exact) mass is 316 g/mol. The van der Waals surface area contributed by atoms with Gasteiger partial charge in [-0.3, -0.25) is 14.4 Å². The number of rotatable bonds is 6. The summed E-state index contributed by atoms with van der Waals surface area (Å²) in [6, 6.07) is 0. The molecule has 11 heteroatoms. The molecule has 0 spiro atoms. The predicted molar refractivity (Wildman–Crippen MR) is 71.0 cm³/mol. The van der Waals surface area contributed by atoms with Gasteiger partial charge in [0.2, 0.25) is 0 Å². The van der Waals surface area contributed by atoms with Gasteiger partial charge in [-0.25, -0.2) is 11.8 Å². The summed E-state index contributed by atoms with van der Waals surface area (Å²) in [4.78, 5) is 35.4. The molecule has 0 aliphatic rings. The Labute approximate surface area is 122 Å². The molecule has 0 heterocycles. The smallest absolute Gasteiger partial charge is 0.300 e. The number of carboxylic acid groups (broad SMARTS) is 3. The Bertz CT molecular complexity index is 202. The van der Waals surface area contributed by atoms with E-state index in [0.29, 0.717) is 26.4 Å². The molecule has 0 unspecified atom stereocenters. The third-order valence-corrected chi connectivity index (χ3v) is 0.691. The second-order valence-electron chi connectivity index (χ2n) is 2.91. The molecule has 0 fully saturated rings. The number of aliphatic carboxylic acids is 3. The minimum Gasteiger partial charge on any atom is -0.481 e. The topological polar surface area (TPSA) is 192 Å². The first kappa shape index (κ1) is 27.5. The fraction of sp³-hybridized carbons (Fsp3) is 0.700. The highest BCUT2D eigenvalue weighted by atomic mass is 16.6. The van der Waals surface area contributed by atoms with Crippen molar-refractivity contribution < 1.29 is 44.1 Å². The second-order valence-corrected chi connectivity index (χ2v) is 2.91. The number of carboxylic acids is 3. The lowest BCUT2D eigenvalue weighted by molar-refractivity contribution is -0.135. The molecule has 0 bridgehead atoms. The van der Waals surface area contributed by atoms with Gasteiger partial charge in [-0.1, -0.05) is 0 Å². The Balaban J connectivity index is -0.000000102. The maximum atomic E-state index is 9.00. The third kappa shape index (κ3) is 270. The summed E-state index contributed by atoms with van der Waals surface area (Å²) >= 11 is 0. The standard InChI is InChI=1S/C4H12N2O3.3C2H4O2/c5-8-3-1-7-2-4-9-6;3*1-2(3)4/h1-6H2;3*1H3,(H,3,4). The molecule has 0 atom stereocenters. The molecule has 0 amide bonds. The van der Waals surface area contributed by atoms with Crippen LogP contribution in [0.1, 0.15) is 20.8 Å². The summed E-state index contributed by atoms with van der Waals surface area (Å²) in [7, 11) is 0. The summed E-state index contributed by atoms with van der Waals surface area (Å²) in [5.74, 6) is 6.91. The van der Waals surface area contributed by atoms with E-state index in [1.165, 1.54) is 0 Å². The lowest BCUT2D eigenvalue weighted by Crippen LogP contribution is -2.12. The van der Waals surface area contributed by atoms with Crippen LogP contribution in [0.3, 0.4) is 0 Å². The first-order valence-electron chi connectivity index (χ1n) is 5.41. The van der Waals surface area contributed by atoms with Gasteiger partial charge >= 0.3 is 0 Å². The molecule has 0 aliphatic heterocycles. The normalized spacial score (nSPS) is 7.86. The van der Waals surface area contributed by atoms with Crippen molar-refractivity contribution in [2.45, 2.75) is 20.8 Å². The van der Waals surface area contributed by atoms with Gasteiger partial charge in [-0.2, -0.15) is 0 Å². The minimum absolute atomic E-state index is 0.393. The Morgan fingerprint density at radius 1 is 0.714 bits per heavy atom. The van der Waals surface area contributed by atoms with E-state index in [-0.39, 0.29) is 0 Å². The number of hydrogen-bond acceptors (Lipinski definition) is 8. The maximum Gasteiger partial charge on any atom is 0.300 e. The molecule has 0 aromatic rings. The van der Waals surface area contributed by atoms with Crippen molar-refractivity contribution in [1.82, 2.24) is 0 Å². The van der Waals surface area contributed by atoms with Gasteiger partial charge in [0.05, 0.1) is 26.4 Å². The van der Waals surface area contributed by atoms with Crippen molar-refractivity contribution in [3.63, 3.8) is 0 Å². The van der Waals surface area contributed by atoms with E-state index >= 15 is 0 Å². The summed E-state index contributed by atoms with van der Waals surface area (Å²) in [5, 5.41) is 22.2. The van der Waals surface area contributed by atoms with Gasteiger partial charge in [0.25, 0.3) is 17.9 Å². The van der Waals surface area contributed by atoms with Crippen LogP contribution >= 0.6 is 0 Å². The average Bonchev–Trinajstić information content (AvgIpc) is 2.26. The molecule has 0 saturated carbocycles. The van der Waals surface area contributed by atoms with Crippen molar-refractivity contribution in [2.75, 3.05) is 26.4 Å². The zero-order valence-corrected chi connectivity index (χ0v) is 12.3. The van der Waals surface area contributed by atoms with E-state index in [4.69, 9.17) is 46.2 Å². The summed E-state index contributed by atoms with van der Waals surface area (Å²) in [6.07, 6.45) is 0. The molecular weight excluding hydrogens is 292 g/mol. The average molecular weight is 316 g/mol. The third-order valence-electron chi connectivity index (χ3n) is 0.691. The number of hydrogen-bond donors (Lipinski definition) is 5. The molecule has 21 heavy (non-hydrogen) atoms. The molecule has 0 aromatic carbocycles. The lowest BCUT2D eigenvalue weighted by Gasteiger charge is -1.99. The van der Waals surface area contributed by atoms with Crippen LogP contribution in [0.25, 0.3) is 0 Å². The van der Waals surface area contributed by atoms with E-state index in [9.17, 15) is 0 Å². The highest BCUT2D eigenvalue weighted by Crippen LogP contribution is 1.73. The van der Waals surface area contributed by atoms with Crippen molar-refractivity contribution in [2.24, 2.45) is 11.8 Å². The summed E-state index contributed by atoms with van der Waals surface area (Å²) in [6.45, 7) is 4.98. The Kier molecular flexibility index (Phi) is 35.0. The van der Waals surface area contributed by atoms with Crippen LogP contribution in [-0.2, 0) is 28.8 Å². The van der Waals surface area contributed by atoms with E-state index in [2.05, 4.69) is 9.68 Å². The quantitative estimate of drug-likeness (QED) is 0.300. The largest absolute Gasteiger partial charge is 0.481 e. The van der Waals surface area contributed by atoms with Crippen molar-refractivity contribution in [3.05, 3.63) is 0 Å². The molecule has 0 aromatic heterocycles. The van der Waals surface area contributed by atoms with Crippen LogP contribution < -0.4 is 11.8 Å². The molecule has 0 aliphatic carbocycles. The fourth-order valence-electron chi connectivity index (χ4n) is 0.316. The van der Waals surface area contributed by atoms with Gasteiger partial charge in [-0.05, 0) is 0 Å². The van der Waals surface area contributed by atoms with Gasteiger partial charge in [-0.15, -0.1) is 0 Å². The van der Waals surface area contributed by atoms with Crippen LogP contribution in [0, 0.1) is 0 Å². The zero-order valence-electron chi connectivity index (χ0n) is 12.3. The molecule has 0 radical (unpaired) electrons.